The minimum absolute atomic E-state index is 0.0664. The lowest BCUT2D eigenvalue weighted by atomic mass is 10.1. The molecular formula is C29H26N4O5S. The third-order valence-electron chi connectivity index (χ3n) is 5.24. The van der Waals surface area contributed by atoms with E-state index in [1.54, 1.807) is 42.5 Å². The number of carbonyl (C=O) groups excluding carboxylic acids is 2. The number of rotatable bonds is 11. The number of fused-ring (bicyclic) bond motifs is 1. The fourth-order valence-corrected chi connectivity index (χ4v) is 4.42. The van der Waals surface area contributed by atoms with E-state index in [9.17, 15) is 14.9 Å². The Hall–Kier alpha value is -4.88. The molecule has 198 valence electrons. The first-order chi connectivity index (χ1) is 18.9. The number of hydrogen-bond acceptors (Lipinski definition) is 8. The van der Waals surface area contributed by atoms with Gasteiger partial charge in [0.25, 0.3) is 5.91 Å². The quantitative estimate of drug-likeness (QED) is 0.142. The maximum Gasteiger partial charge on any atom is 0.268 e. The van der Waals surface area contributed by atoms with Gasteiger partial charge >= 0.3 is 0 Å². The molecule has 4 rings (SSSR count). The van der Waals surface area contributed by atoms with Crippen LogP contribution in [0.1, 0.15) is 19.4 Å². The topological polar surface area (TPSA) is 123 Å². The Morgan fingerprint density at radius 1 is 0.974 bits per heavy atom. The molecule has 0 saturated carbocycles. The van der Waals surface area contributed by atoms with Crippen molar-refractivity contribution in [2.45, 2.75) is 13.8 Å². The van der Waals surface area contributed by atoms with Gasteiger partial charge in [0.05, 0.1) is 16.8 Å². The molecule has 1 heterocycles. The van der Waals surface area contributed by atoms with E-state index in [1.807, 2.05) is 37.3 Å². The van der Waals surface area contributed by atoms with Gasteiger partial charge in [0.15, 0.2) is 16.6 Å². The van der Waals surface area contributed by atoms with E-state index in [0.717, 1.165) is 10.2 Å². The number of amides is 2. The van der Waals surface area contributed by atoms with Crippen LogP contribution in [0.15, 0.2) is 72.3 Å². The van der Waals surface area contributed by atoms with Crippen LogP contribution < -0.4 is 24.8 Å². The van der Waals surface area contributed by atoms with Crippen LogP contribution in [-0.4, -0.2) is 36.6 Å². The zero-order valence-corrected chi connectivity index (χ0v) is 22.2. The summed E-state index contributed by atoms with van der Waals surface area (Å²) in [6.07, 6.45) is 1.49. The number of carbonyl (C=O) groups is 2. The molecule has 10 heteroatoms. The second kappa shape index (κ2) is 13.1. The fraction of sp³-hybridized carbons (Fsp3) is 0.172. The predicted molar refractivity (Wildman–Crippen MR) is 151 cm³/mol. The van der Waals surface area contributed by atoms with Crippen molar-refractivity contribution in [2.24, 2.45) is 0 Å². The highest BCUT2D eigenvalue weighted by Crippen LogP contribution is 2.30. The van der Waals surface area contributed by atoms with Crippen LogP contribution in [0.5, 0.6) is 17.2 Å². The Balaban J connectivity index is 1.37. The second-order valence-corrected chi connectivity index (χ2v) is 9.18. The first kappa shape index (κ1) is 27.2. The molecular weight excluding hydrogens is 516 g/mol. The standard InChI is InChI=1S/C29H26N4O5S/c1-3-36-26-17-20(16-21(18-30)28(35)33-29-32-24-6-4-5-7-27(24)39-29)8-13-25(26)38-15-14-37-23-11-9-22(10-12-23)31-19(2)34/h4-13,16-17H,3,14-15H2,1-2H3,(H,31,34)(H,32,33,35). The highest BCUT2D eigenvalue weighted by atomic mass is 32.1. The summed E-state index contributed by atoms with van der Waals surface area (Å²) in [5.41, 5.74) is 2.01. The van der Waals surface area contributed by atoms with E-state index in [0.29, 0.717) is 40.2 Å². The molecule has 0 aliphatic carbocycles. The van der Waals surface area contributed by atoms with Gasteiger partial charge in [-0.25, -0.2) is 4.98 Å². The number of hydrogen-bond donors (Lipinski definition) is 2. The third-order valence-corrected chi connectivity index (χ3v) is 6.19. The summed E-state index contributed by atoms with van der Waals surface area (Å²) in [5.74, 6) is 0.953. The highest BCUT2D eigenvalue weighted by molar-refractivity contribution is 7.22. The first-order valence-electron chi connectivity index (χ1n) is 12.1. The maximum atomic E-state index is 12.7. The summed E-state index contributed by atoms with van der Waals surface area (Å²) in [7, 11) is 0. The van der Waals surface area contributed by atoms with Gasteiger partial charge in [-0.3, -0.25) is 14.9 Å². The van der Waals surface area contributed by atoms with Crippen molar-refractivity contribution in [1.29, 1.82) is 5.26 Å². The van der Waals surface area contributed by atoms with Gasteiger partial charge in [-0.15, -0.1) is 0 Å². The maximum absolute atomic E-state index is 12.7. The number of para-hydroxylation sites is 1. The zero-order valence-electron chi connectivity index (χ0n) is 21.4. The van der Waals surface area contributed by atoms with E-state index in [4.69, 9.17) is 14.2 Å². The molecule has 0 spiro atoms. The average molecular weight is 543 g/mol. The van der Waals surface area contributed by atoms with Gasteiger partial charge in [0, 0.05) is 12.6 Å². The second-order valence-electron chi connectivity index (χ2n) is 8.15. The van der Waals surface area contributed by atoms with Crippen molar-refractivity contribution >= 4 is 50.3 Å². The summed E-state index contributed by atoms with van der Waals surface area (Å²) in [6, 6.07) is 21.7. The average Bonchev–Trinajstić information content (AvgIpc) is 3.33. The number of nitrogens with one attached hydrogen (secondary N) is 2. The molecule has 0 saturated heterocycles. The first-order valence-corrected chi connectivity index (χ1v) is 13.0. The van der Waals surface area contributed by atoms with Gasteiger partial charge in [0.1, 0.15) is 30.6 Å². The van der Waals surface area contributed by atoms with Crippen LogP contribution in [0, 0.1) is 11.3 Å². The van der Waals surface area contributed by atoms with Crippen LogP contribution in [0.3, 0.4) is 0 Å². The molecule has 2 N–H and O–H groups in total. The Morgan fingerprint density at radius 2 is 1.74 bits per heavy atom. The van der Waals surface area contributed by atoms with Crippen molar-refractivity contribution < 1.29 is 23.8 Å². The molecule has 3 aromatic carbocycles. The fourth-order valence-electron chi connectivity index (χ4n) is 3.56. The van der Waals surface area contributed by atoms with E-state index in [1.165, 1.54) is 24.3 Å². The van der Waals surface area contributed by atoms with E-state index < -0.39 is 5.91 Å². The summed E-state index contributed by atoms with van der Waals surface area (Å²) in [6.45, 7) is 4.26. The number of nitriles is 1. The number of thiazole rings is 1. The SMILES string of the molecule is CCOc1cc(C=C(C#N)C(=O)Nc2nc3ccccc3s2)ccc1OCCOc1ccc(NC(C)=O)cc1. The minimum Gasteiger partial charge on any atom is -0.490 e. The van der Waals surface area contributed by atoms with Crippen LogP contribution in [0.25, 0.3) is 16.3 Å². The van der Waals surface area contributed by atoms with Crippen LogP contribution >= 0.6 is 11.3 Å². The summed E-state index contributed by atoms with van der Waals surface area (Å²) in [5, 5.41) is 15.4. The van der Waals surface area contributed by atoms with Crippen molar-refractivity contribution in [3.05, 3.63) is 77.9 Å². The summed E-state index contributed by atoms with van der Waals surface area (Å²) < 4.78 is 18.2. The molecule has 39 heavy (non-hydrogen) atoms. The summed E-state index contributed by atoms with van der Waals surface area (Å²) >= 11 is 1.34. The van der Waals surface area contributed by atoms with Crippen molar-refractivity contribution in [2.75, 3.05) is 30.5 Å². The summed E-state index contributed by atoms with van der Waals surface area (Å²) in [4.78, 5) is 28.2. The highest BCUT2D eigenvalue weighted by Gasteiger charge is 2.14. The third kappa shape index (κ3) is 7.56. The number of ether oxygens (including phenoxy) is 3. The molecule has 2 amide bonds. The molecule has 0 bridgehead atoms. The number of nitrogens with zero attached hydrogens (tertiary/aromatic N) is 2. The van der Waals surface area contributed by atoms with Crippen molar-refractivity contribution in [3.63, 3.8) is 0 Å². The molecule has 0 fully saturated rings. The van der Waals surface area contributed by atoms with Gasteiger partial charge < -0.3 is 19.5 Å². The largest absolute Gasteiger partial charge is 0.490 e. The minimum atomic E-state index is -0.544. The molecule has 1 aromatic heterocycles. The van der Waals surface area contributed by atoms with Gasteiger partial charge in [-0.05, 0) is 67.1 Å². The van der Waals surface area contributed by atoms with E-state index in [2.05, 4.69) is 15.6 Å². The lowest BCUT2D eigenvalue weighted by Gasteiger charge is -2.13. The molecule has 0 radical (unpaired) electrons. The Morgan fingerprint density at radius 3 is 2.46 bits per heavy atom. The van der Waals surface area contributed by atoms with E-state index in [-0.39, 0.29) is 24.7 Å². The number of anilines is 2. The van der Waals surface area contributed by atoms with E-state index >= 15 is 0 Å². The van der Waals surface area contributed by atoms with Gasteiger partial charge in [-0.1, -0.05) is 29.5 Å². The molecule has 9 nitrogen and oxygen atoms in total. The monoisotopic (exact) mass is 542 g/mol. The normalized spacial score (nSPS) is 10.9. The van der Waals surface area contributed by atoms with Crippen LogP contribution in [-0.2, 0) is 9.59 Å². The van der Waals surface area contributed by atoms with Gasteiger partial charge in [0.2, 0.25) is 5.91 Å². The van der Waals surface area contributed by atoms with Crippen LogP contribution in [0.4, 0.5) is 10.8 Å². The zero-order chi connectivity index (χ0) is 27.6. The smallest absolute Gasteiger partial charge is 0.268 e. The molecule has 0 atom stereocenters. The molecule has 4 aromatic rings. The Bertz CT molecular complexity index is 1510. The number of aromatic nitrogens is 1. The molecule has 0 aliphatic rings. The van der Waals surface area contributed by atoms with Gasteiger partial charge in [-0.2, -0.15) is 5.26 Å². The van der Waals surface area contributed by atoms with Crippen molar-refractivity contribution in [3.8, 4) is 23.3 Å². The van der Waals surface area contributed by atoms with Crippen LogP contribution in [0.2, 0.25) is 0 Å². The molecule has 0 unspecified atom stereocenters. The number of benzene rings is 3. The predicted octanol–water partition coefficient (Wildman–Crippen LogP) is 5.66. The molecule has 0 aliphatic heterocycles. The lowest BCUT2D eigenvalue weighted by molar-refractivity contribution is -0.114. The Kier molecular flexibility index (Phi) is 9.11. The Labute approximate surface area is 229 Å². The lowest BCUT2D eigenvalue weighted by Crippen LogP contribution is -2.13. The van der Waals surface area contributed by atoms with Crippen molar-refractivity contribution in [1.82, 2.24) is 4.98 Å².